The van der Waals surface area contributed by atoms with Crippen LogP contribution >= 0.6 is 11.6 Å². The normalized spacial score (nSPS) is 16.9. The van der Waals surface area contributed by atoms with Crippen LogP contribution in [0.1, 0.15) is 25.3 Å². The molecule has 1 N–H and O–H groups in total. The number of hydrogen-bond acceptors (Lipinski definition) is 2. The van der Waals surface area contributed by atoms with Crippen molar-refractivity contribution < 1.29 is 4.79 Å². The van der Waals surface area contributed by atoms with Crippen molar-refractivity contribution in [3.05, 3.63) is 34.9 Å². The molecule has 1 fully saturated rings. The molecule has 0 radical (unpaired) electrons. The van der Waals surface area contributed by atoms with Crippen molar-refractivity contribution in [2.45, 2.75) is 32.4 Å². The standard InChI is InChI=1S/C14H19ClN2O/c1-11(14(18)17-7-2-3-8-17)16-10-12-5-4-6-13(15)9-12/h4-6,9,11,16H,2-3,7-8,10H2,1H3/t11-/m0/s1. The van der Waals surface area contributed by atoms with Gasteiger partial charge < -0.3 is 10.2 Å². The summed E-state index contributed by atoms with van der Waals surface area (Å²) < 4.78 is 0. The molecule has 1 saturated heterocycles. The summed E-state index contributed by atoms with van der Waals surface area (Å²) in [6, 6.07) is 7.56. The van der Waals surface area contributed by atoms with Crippen molar-refractivity contribution >= 4 is 17.5 Å². The summed E-state index contributed by atoms with van der Waals surface area (Å²) in [6.07, 6.45) is 2.26. The third kappa shape index (κ3) is 3.47. The van der Waals surface area contributed by atoms with Gasteiger partial charge in [-0.1, -0.05) is 23.7 Å². The lowest BCUT2D eigenvalue weighted by Gasteiger charge is -2.21. The number of hydrogen-bond donors (Lipinski definition) is 1. The highest BCUT2D eigenvalue weighted by Gasteiger charge is 2.22. The van der Waals surface area contributed by atoms with Crippen molar-refractivity contribution in [1.29, 1.82) is 0 Å². The van der Waals surface area contributed by atoms with Gasteiger partial charge in [-0.2, -0.15) is 0 Å². The highest BCUT2D eigenvalue weighted by atomic mass is 35.5. The highest BCUT2D eigenvalue weighted by molar-refractivity contribution is 6.30. The Morgan fingerprint density at radius 3 is 2.83 bits per heavy atom. The van der Waals surface area contributed by atoms with Crippen LogP contribution in [-0.4, -0.2) is 29.9 Å². The number of carbonyl (C=O) groups excluding carboxylic acids is 1. The quantitative estimate of drug-likeness (QED) is 0.908. The molecule has 18 heavy (non-hydrogen) atoms. The van der Waals surface area contributed by atoms with E-state index in [9.17, 15) is 4.79 Å². The van der Waals surface area contributed by atoms with Crippen LogP contribution in [-0.2, 0) is 11.3 Å². The fourth-order valence-electron chi connectivity index (χ4n) is 2.22. The number of halogens is 1. The first-order valence-corrected chi connectivity index (χ1v) is 6.81. The van der Waals surface area contributed by atoms with Crippen LogP contribution in [0.3, 0.4) is 0 Å². The third-order valence-corrected chi connectivity index (χ3v) is 3.52. The van der Waals surface area contributed by atoms with Crippen LogP contribution in [0.15, 0.2) is 24.3 Å². The minimum Gasteiger partial charge on any atom is -0.341 e. The lowest BCUT2D eigenvalue weighted by atomic mass is 10.2. The molecule has 0 spiro atoms. The Bertz CT molecular complexity index is 416. The van der Waals surface area contributed by atoms with Gasteiger partial charge in [0.2, 0.25) is 5.91 Å². The Balaban J connectivity index is 1.84. The first-order valence-electron chi connectivity index (χ1n) is 6.43. The monoisotopic (exact) mass is 266 g/mol. The van der Waals surface area contributed by atoms with Crippen molar-refractivity contribution in [3.63, 3.8) is 0 Å². The van der Waals surface area contributed by atoms with Crippen LogP contribution in [0.4, 0.5) is 0 Å². The Kier molecular flexibility index (Phi) is 4.61. The first-order chi connectivity index (χ1) is 8.66. The van der Waals surface area contributed by atoms with E-state index in [1.54, 1.807) is 0 Å². The lowest BCUT2D eigenvalue weighted by molar-refractivity contribution is -0.131. The molecule has 1 atom stereocenters. The minimum atomic E-state index is -0.137. The molecule has 1 aliphatic rings. The summed E-state index contributed by atoms with van der Waals surface area (Å²) in [5.74, 6) is 0.203. The first kappa shape index (κ1) is 13.4. The summed E-state index contributed by atoms with van der Waals surface area (Å²) in [4.78, 5) is 14.0. The number of rotatable bonds is 4. The Labute approximate surface area is 113 Å². The van der Waals surface area contributed by atoms with E-state index in [0.29, 0.717) is 6.54 Å². The number of likely N-dealkylation sites (tertiary alicyclic amines) is 1. The van der Waals surface area contributed by atoms with E-state index >= 15 is 0 Å². The van der Waals surface area contributed by atoms with Gasteiger partial charge in [-0.3, -0.25) is 4.79 Å². The molecule has 1 aliphatic heterocycles. The zero-order valence-electron chi connectivity index (χ0n) is 10.7. The van der Waals surface area contributed by atoms with Gasteiger partial charge >= 0.3 is 0 Å². The molecule has 0 aromatic heterocycles. The van der Waals surface area contributed by atoms with Crippen LogP contribution in [0.5, 0.6) is 0 Å². The van der Waals surface area contributed by atoms with E-state index in [0.717, 1.165) is 36.5 Å². The van der Waals surface area contributed by atoms with Crippen molar-refractivity contribution in [2.24, 2.45) is 0 Å². The van der Waals surface area contributed by atoms with Gasteiger partial charge in [0.15, 0.2) is 0 Å². The summed E-state index contributed by atoms with van der Waals surface area (Å²) in [5, 5.41) is 3.98. The van der Waals surface area contributed by atoms with Crippen molar-refractivity contribution in [3.8, 4) is 0 Å². The summed E-state index contributed by atoms with van der Waals surface area (Å²) in [5.41, 5.74) is 1.10. The maximum absolute atomic E-state index is 12.1. The van der Waals surface area contributed by atoms with Gasteiger partial charge in [-0.05, 0) is 37.5 Å². The van der Waals surface area contributed by atoms with Crippen molar-refractivity contribution in [1.82, 2.24) is 10.2 Å². The molecule has 1 aromatic rings. The second kappa shape index (κ2) is 6.21. The topological polar surface area (TPSA) is 32.3 Å². The summed E-state index contributed by atoms with van der Waals surface area (Å²) in [6.45, 7) is 4.40. The summed E-state index contributed by atoms with van der Waals surface area (Å²) >= 11 is 5.92. The average molecular weight is 267 g/mol. The SMILES string of the molecule is C[C@H](NCc1cccc(Cl)c1)C(=O)N1CCCC1. The van der Waals surface area contributed by atoms with E-state index in [2.05, 4.69) is 5.32 Å². The maximum atomic E-state index is 12.1. The molecule has 0 aliphatic carbocycles. The molecule has 3 nitrogen and oxygen atoms in total. The molecule has 2 rings (SSSR count). The zero-order valence-corrected chi connectivity index (χ0v) is 11.4. The molecule has 0 unspecified atom stereocenters. The predicted octanol–water partition coefficient (Wildman–Crippen LogP) is 2.44. The van der Waals surface area contributed by atoms with Gasteiger partial charge in [-0.25, -0.2) is 0 Å². The fourth-order valence-corrected chi connectivity index (χ4v) is 2.43. The molecule has 4 heteroatoms. The second-order valence-electron chi connectivity index (χ2n) is 4.76. The van der Waals surface area contributed by atoms with E-state index in [-0.39, 0.29) is 11.9 Å². The Hall–Kier alpha value is -1.06. The zero-order chi connectivity index (χ0) is 13.0. The molecule has 98 valence electrons. The minimum absolute atomic E-state index is 0.137. The lowest BCUT2D eigenvalue weighted by Crippen LogP contribution is -2.43. The molecule has 1 aromatic carbocycles. The van der Waals surface area contributed by atoms with Crippen LogP contribution in [0, 0.1) is 0 Å². The third-order valence-electron chi connectivity index (χ3n) is 3.29. The molecule has 1 amide bonds. The van der Waals surface area contributed by atoms with Gasteiger partial charge in [-0.15, -0.1) is 0 Å². The Morgan fingerprint density at radius 1 is 1.44 bits per heavy atom. The van der Waals surface area contributed by atoms with E-state index in [4.69, 9.17) is 11.6 Å². The predicted molar refractivity (Wildman–Crippen MR) is 73.6 cm³/mol. The van der Waals surface area contributed by atoms with Gasteiger partial charge in [0.1, 0.15) is 0 Å². The molecule has 1 heterocycles. The summed E-state index contributed by atoms with van der Waals surface area (Å²) in [7, 11) is 0. The number of benzene rings is 1. The second-order valence-corrected chi connectivity index (χ2v) is 5.20. The molecular formula is C14H19ClN2O. The van der Waals surface area contributed by atoms with E-state index in [1.165, 1.54) is 0 Å². The van der Waals surface area contributed by atoms with Crippen molar-refractivity contribution in [2.75, 3.05) is 13.1 Å². The van der Waals surface area contributed by atoms with Crippen LogP contribution < -0.4 is 5.32 Å². The molecule has 0 saturated carbocycles. The number of amides is 1. The van der Waals surface area contributed by atoms with Crippen LogP contribution in [0.2, 0.25) is 5.02 Å². The maximum Gasteiger partial charge on any atom is 0.239 e. The van der Waals surface area contributed by atoms with Gasteiger partial charge in [0.25, 0.3) is 0 Å². The number of carbonyl (C=O) groups is 1. The van der Waals surface area contributed by atoms with Gasteiger partial charge in [0.05, 0.1) is 6.04 Å². The largest absolute Gasteiger partial charge is 0.341 e. The Morgan fingerprint density at radius 2 is 2.17 bits per heavy atom. The molecular weight excluding hydrogens is 248 g/mol. The molecule has 0 bridgehead atoms. The highest BCUT2D eigenvalue weighted by Crippen LogP contribution is 2.12. The smallest absolute Gasteiger partial charge is 0.239 e. The van der Waals surface area contributed by atoms with E-state index < -0.39 is 0 Å². The van der Waals surface area contributed by atoms with Gasteiger partial charge in [0, 0.05) is 24.7 Å². The number of nitrogens with one attached hydrogen (secondary N) is 1. The number of nitrogens with zero attached hydrogens (tertiary/aromatic N) is 1. The fraction of sp³-hybridized carbons (Fsp3) is 0.500. The van der Waals surface area contributed by atoms with E-state index in [1.807, 2.05) is 36.1 Å². The van der Waals surface area contributed by atoms with Crippen LogP contribution in [0.25, 0.3) is 0 Å². The average Bonchev–Trinajstić information content (AvgIpc) is 2.89.